The lowest BCUT2D eigenvalue weighted by Crippen LogP contribution is -2.31. The van der Waals surface area contributed by atoms with E-state index in [4.69, 9.17) is 11.6 Å². The number of hydrogen-bond acceptors (Lipinski definition) is 5. The minimum atomic E-state index is -0.731. The summed E-state index contributed by atoms with van der Waals surface area (Å²) in [6.07, 6.45) is 3.10. The molecule has 3 aromatic heterocycles. The molecule has 3 heterocycles. The van der Waals surface area contributed by atoms with Crippen LogP contribution in [-0.2, 0) is 4.79 Å². The molecule has 4 rings (SSSR count). The number of benzene rings is 1. The van der Waals surface area contributed by atoms with E-state index >= 15 is 0 Å². The Morgan fingerprint density at radius 2 is 2.07 bits per heavy atom. The second kappa shape index (κ2) is 6.75. The predicted molar refractivity (Wildman–Crippen MR) is 109 cm³/mol. The van der Waals surface area contributed by atoms with E-state index in [0.29, 0.717) is 20.9 Å². The van der Waals surface area contributed by atoms with Gasteiger partial charge in [-0.15, -0.1) is 11.3 Å². The molecule has 0 aliphatic carbocycles. The zero-order chi connectivity index (χ0) is 19.1. The van der Waals surface area contributed by atoms with Crippen LogP contribution < -0.4 is 10.9 Å². The fourth-order valence-corrected chi connectivity index (χ4v) is 4.07. The molecule has 1 atom stereocenters. The molecule has 8 heteroatoms. The normalized spacial score (nSPS) is 12.4. The second-order valence-corrected chi connectivity index (χ2v) is 7.58. The molecule has 0 fully saturated rings. The van der Waals surface area contributed by atoms with Gasteiger partial charge in [-0.25, -0.2) is 9.97 Å². The third-order valence-electron chi connectivity index (χ3n) is 4.50. The van der Waals surface area contributed by atoms with Crippen LogP contribution in [0.5, 0.6) is 0 Å². The standard InChI is InChI=1S/C19H15ClN4O2S/c1-10-13(20)6-3-7-14(10)23-17(25)11(2)24-9-22-15-12-5-4-8-21-18(12)27-16(15)19(24)26/h3-9,11H,1-2H3,(H,23,25)/t11-/m1/s1. The van der Waals surface area contributed by atoms with Crippen molar-refractivity contribution in [3.8, 4) is 0 Å². The predicted octanol–water partition coefficient (Wildman–Crippen LogP) is 4.17. The first-order chi connectivity index (χ1) is 13.0. The van der Waals surface area contributed by atoms with Crippen LogP contribution in [0.15, 0.2) is 47.7 Å². The minimum Gasteiger partial charge on any atom is -0.324 e. The van der Waals surface area contributed by atoms with Crippen molar-refractivity contribution in [3.05, 3.63) is 63.8 Å². The number of nitrogens with one attached hydrogen (secondary N) is 1. The molecule has 136 valence electrons. The number of halogens is 1. The molecule has 0 aliphatic heterocycles. The van der Waals surface area contributed by atoms with Crippen LogP contribution in [0.2, 0.25) is 5.02 Å². The van der Waals surface area contributed by atoms with Crippen LogP contribution in [-0.4, -0.2) is 20.4 Å². The van der Waals surface area contributed by atoms with Gasteiger partial charge in [0.05, 0.1) is 11.8 Å². The maximum absolute atomic E-state index is 12.9. The van der Waals surface area contributed by atoms with Gasteiger partial charge in [0.1, 0.15) is 15.6 Å². The van der Waals surface area contributed by atoms with E-state index in [1.165, 1.54) is 22.2 Å². The molecule has 0 spiro atoms. The first-order valence-electron chi connectivity index (χ1n) is 8.27. The monoisotopic (exact) mass is 398 g/mol. The summed E-state index contributed by atoms with van der Waals surface area (Å²) in [5.41, 5.74) is 1.75. The van der Waals surface area contributed by atoms with Crippen molar-refractivity contribution < 1.29 is 4.79 Å². The van der Waals surface area contributed by atoms with Gasteiger partial charge in [0.25, 0.3) is 5.56 Å². The molecule has 0 saturated heterocycles. The lowest BCUT2D eigenvalue weighted by molar-refractivity contribution is -0.118. The molecular weight excluding hydrogens is 384 g/mol. The summed E-state index contributed by atoms with van der Waals surface area (Å²) in [5.74, 6) is -0.317. The number of anilines is 1. The molecule has 0 aliphatic rings. The fraction of sp³-hybridized carbons (Fsp3) is 0.158. The summed E-state index contributed by atoms with van der Waals surface area (Å²) >= 11 is 7.39. The Hall–Kier alpha value is -2.77. The van der Waals surface area contributed by atoms with Gasteiger partial charge in [0, 0.05) is 22.3 Å². The van der Waals surface area contributed by atoms with E-state index in [1.54, 1.807) is 31.3 Å². The van der Waals surface area contributed by atoms with Crippen LogP contribution in [0, 0.1) is 6.92 Å². The largest absolute Gasteiger partial charge is 0.324 e. The first-order valence-corrected chi connectivity index (χ1v) is 9.47. The van der Waals surface area contributed by atoms with Crippen LogP contribution in [0.25, 0.3) is 20.4 Å². The van der Waals surface area contributed by atoms with Crippen LogP contribution in [0.4, 0.5) is 5.69 Å². The van der Waals surface area contributed by atoms with Crippen molar-refractivity contribution >= 4 is 55.0 Å². The van der Waals surface area contributed by atoms with Gasteiger partial charge in [-0.3, -0.25) is 14.2 Å². The third kappa shape index (κ3) is 2.98. The Kier molecular flexibility index (Phi) is 4.41. The van der Waals surface area contributed by atoms with Crippen molar-refractivity contribution in [1.29, 1.82) is 0 Å². The van der Waals surface area contributed by atoms with E-state index < -0.39 is 6.04 Å². The number of aromatic nitrogens is 3. The number of hydrogen-bond donors (Lipinski definition) is 1. The van der Waals surface area contributed by atoms with E-state index in [9.17, 15) is 9.59 Å². The van der Waals surface area contributed by atoms with Crippen LogP contribution >= 0.6 is 22.9 Å². The van der Waals surface area contributed by atoms with Gasteiger partial charge in [-0.2, -0.15) is 0 Å². The highest BCUT2D eigenvalue weighted by Crippen LogP contribution is 2.28. The second-order valence-electron chi connectivity index (χ2n) is 6.17. The van der Waals surface area contributed by atoms with Crippen molar-refractivity contribution in [3.63, 3.8) is 0 Å². The smallest absolute Gasteiger partial charge is 0.272 e. The van der Waals surface area contributed by atoms with Gasteiger partial charge < -0.3 is 5.32 Å². The molecule has 4 aromatic rings. The lowest BCUT2D eigenvalue weighted by atomic mass is 10.2. The highest BCUT2D eigenvalue weighted by Gasteiger charge is 2.20. The Morgan fingerprint density at radius 1 is 1.26 bits per heavy atom. The zero-order valence-corrected chi connectivity index (χ0v) is 16.1. The van der Waals surface area contributed by atoms with Crippen LogP contribution in [0.3, 0.4) is 0 Å². The number of pyridine rings is 1. The quantitative estimate of drug-likeness (QED) is 0.562. The first kappa shape index (κ1) is 17.6. The number of rotatable bonds is 3. The lowest BCUT2D eigenvalue weighted by Gasteiger charge is -2.16. The summed E-state index contributed by atoms with van der Waals surface area (Å²) in [6.45, 7) is 3.49. The van der Waals surface area contributed by atoms with Crippen molar-refractivity contribution in [2.24, 2.45) is 0 Å². The average Bonchev–Trinajstić information content (AvgIpc) is 3.05. The van der Waals surface area contributed by atoms with E-state index in [0.717, 1.165) is 15.8 Å². The van der Waals surface area contributed by atoms with Crippen molar-refractivity contribution in [2.75, 3.05) is 5.32 Å². The van der Waals surface area contributed by atoms with E-state index in [2.05, 4.69) is 15.3 Å². The molecule has 1 amide bonds. The summed E-state index contributed by atoms with van der Waals surface area (Å²) in [5, 5.41) is 4.24. The van der Waals surface area contributed by atoms with Gasteiger partial charge >= 0.3 is 0 Å². The van der Waals surface area contributed by atoms with Gasteiger partial charge in [-0.1, -0.05) is 17.7 Å². The SMILES string of the molecule is Cc1c(Cl)cccc1NC(=O)[C@@H](C)n1cnc2c(sc3ncccc32)c1=O. The Labute approximate surface area is 163 Å². The maximum atomic E-state index is 12.9. The van der Waals surface area contributed by atoms with E-state index in [1.807, 2.05) is 19.1 Å². The minimum absolute atomic E-state index is 0.256. The highest BCUT2D eigenvalue weighted by atomic mass is 35.5. The zero-order valence-electron chi connectivity index (χ0n) is 14.6. The van der Waals surface area contributed by atoms with Crippen molar-refractivity contribution in [1.82, 2.24) is 14.5 Å². The number of amides is 1. The molecular formula is C19H15ClN4O2S. The number of carbonyl (C=O) groups is 1. The van der Waals surface area contributed by atoms with Gasteiger partial charge in [-0.05, 0) is 43.7 Å². The summed E-state index contributed by atoms with van der Waals surface area (Å²) in [7, 11) is 0. The molecule has 0 unspecified atom stereocenters. The fourth-order valence-electron chi connectivity index (χ4n) is 2.86. The Balaban J connectivity index is 1.72. The molecule has 1 N–H and O–H groups in total. The number of carbonyl (C=O) groups excluding carboxylic acids is 1. The summed E-state index contributed by atoms with van der Waals surface area (Å²) in [6, 6.07) is 8.26. The molecule has 0 bridgehead atoms. The molecule has 0 radical (unpaired) electrons. The van der Waals surface area contributed by atoms with Crippen molar-refractivity contribution in [2.45, 2.75) is 19.9 Å². The highest BCUT2D eigenvalue weighted by molar-refractivity contribution is 7.25. The summed E-state index contributed by atoms with van der Waals surface area (Å²) < 4.78 is 1.83. The maximum Gasteiger partial charge on any atom is 0.272 e. The number of thiophene rings is 1. The molecule has 1 aromatic carbocycles. The third-order valence-corrected chi connectivity index (χ3v) is 6.00. The van der Waals surface area contributed by atoms with E-state index in [-0.39, 0.29) is 11.5 Å². The Bertz CT molecular complexity index is 1250. The Morgan fingerprint density at radius 3 is 2.89 bits per heavy atom. The molecule has 0 saturated carbocycles. The van der Waals surface area contributed by atoms with Gasteiger partial charge in [0.2, 0.25) is 5.91 Å². The topological polar surface area (TPSA) is 76.9 Å². The average molecular weight is 399 g/mol. The summed E-state index contributed by atoms with van der Waals surface area (Å²) in [4.78, 5) is 35.0. The molecule has 6 nitrogen and oxygen atoms in total. The number of nitrogens with zero attached hydrogens (tertiary/aromatic N) is 3. The molecule has 27 heavy (non-hydrogen) atoms. The van der Waals surface area contributed by atoms with Gasteiger partial charge in [0.15, 0.2) is 0 Å². The number of fused-ring (bicyclic) bond motifs is 3. The van der Waals surface area contributed by atoms with Crippen LogP contribution in [0.1, 0.15) is 18.5 Å².